The van der Waals surface area contributed by atoms with Gasteiger partial charge in [0, 0.05) is 33.2 Å². The van der Waals surface area contributed by atoms with Crippen LogP contribution in [0.4, 0.5) is 0 Å². The summed E-state index contributed by atoms with van der Waals surface area (Å²) in [6, 6.07) is 8.11. The first-order valence-electron chi connectivity index (χ1n) is 8.65. The number of benzene rings is 1. The summed E-state index contributed by atoms with van der Waals surface area (Å²) in [6.07, 6.45) is 0.0598. The molecule has 25 heavy (non-hydrogen) atoms. The molecule has 142 valence electrons. The zero-order valence-electron chi connectivity index (χ0n) is 15.5. The van der Waals surface area contributed by atoms with Crippen molar-refractivity contribution in [2.45, 2.75) is 20.0 Å². The summed E-state index contributed by atoms with van der Waals surface area (Å²) < 4.78 is 11.3. The average molecular weight is 462 g/mol. The molecule has 1 aliphatic heterocycles. The van der Waals surface area contributed by atoms with E-state index in [1.807, 2.05) is 18.2 Å². The van der Waals surface area contributed by atoms with Gasteiger partial charge in [-0.2, -0.15) is 0 Å². The van der Waals surface area contributed by atoms with Gasteiger partial charge in [0.2, 0.25) is 0 Å². The van der Waals surface area contributed by atoms with E-state index in [1.165, 1.54) is 5.56 Å². The molecule has 1 fully saturated rings. The molecule has 0 amide bonds. The quantitative estimate of drug-likeness (QED) is 0.368. The van der Waals surface area contributed by atoms with Gasteiger partial charge in [-0.1, -0.05) is 12.1 Å². The first-order valence-corrected chi connectivity index (χ1v) is 8.65. The third kappa shape index (κ3) is 8.73. The van der Waals surface area contributed by atoms with Crippen molar-refractivity contribution in [1.82, 2.24) is 15.5 Å². The highest BCUT2D eigenvalue weighted by Crippen LogP contribution is 2.13. The highest BCUT2D eigenvalue weighted by molar-refractivity contribution is 14.0. The summed E-state index contributed by atoms with van der Waals surface area (Å²) >= 11 is 0. The maximum Gasteiger partial charge on any atom is 0.191 e. The van der Waals surface area contributed by atoms with Crippen LogP contribution >= 0.6 is 24.0 Å². The van der Waals surface area contributed by atoms with Crippen molar-refractivity contribution in [3.8, 4) is 5.75 Å². The van der Waals surface area contributed by atoms with E-state index in [-0.39, 0.29) is 30.1 Å². The molecular weight excluding hydrogens is 431 g/mol. The molecule has 2 N–H and O–H groups in total. The molecule has 1 unspecified atom stereocenters. The molecule has 0 spiro atoms. The molecule has 6 nitrogen and oxygen atoms in total. The van der Waals surface area contributed by atoms with Gasteiger partial charge < -0.3 is 20.1 Å². The Labute approximate surface area is 168 Å². The van der Waals surface area contributed by atoms with Crippen molar-refractivity contribution in [3.05, 3.63) is 29.8 Å². The van der Waals surface area contributed by atoms with Crippen molar-refractivity contribution in [2.24, 2.45) is 4.99 Å². The lowest BCUT2D eigenvalue weighted by atomic mass is 10.2. The summed E-state index contributed by atoms with van der Waals surface area (Å²) in [5.74, 6) is 1.71. The number of hydrogen-bond donors (Lipinski definition) is 2. The van der Waals surface area contributed by atoms with Crippen LogP contribution in [0.15, 0.2) is 29.3 Å². The molecule has 1 heterocycles. The zero-order chi connectivity index (χ0) is 17.2. The maximum absolute atomic E-state index is 5.92. The second kappa shape index (κ2) is 12.3. The van der Waals surface area contributed by atoms with Crippen LogP contribution in [0.1, 0.15) is 12.5 Å². The average Bonchev–Trinajstić information content (AvgIpc) is 2.59. The van der Waals surface area contributed by atoms with Gasteiger partial charge >= 0.3 is 0 Å². The van der Waals surface area contributed by atoms with Gasteiger partial charge in [-0.3, -0.25) is 9.89 Å². The van der Waals surface area contributed by atoms with Gasteiger partial charge in [-0.05, 0) is 31.5 Å². The molecule has 7 heteroatoms. The van der Waals surface area contributed by atoms with Crippen LogP contribution in [0.3, 0.4) is 0 Å². The number of morpholine rings is 1. The molecule has 0 radical (unpaired) electrons. The molecule has 0 aliphatic carbocycles. The van der Waals surface area contributed by atoms with E-state index in [4.69, 9.17) is 9.47 Å². The molecule has 1 aromatic carbocycles. The topological polar surface area (TPSA) is 58.1 Å². The van der Waals surface area contributed by atoms with Crippen molar-refractivity contribution < 1.29 is 9.47 Å². The number of guanidine groups is 1. The van der Waals surface area contributed by atoms with Gasteiger partial charge in [0.1, 0.15) is 11.9 Å². The van der Waals surface area contributed by atoms with Crippen molar-refractivity contribution in [2.75, 3.05) is 53.0 Å². The fourth-order valence-electron chi connectivity index (χ4n) is 2.58. The van der Waals surface area contributed by atoms with E-state index >= 15 is 0 Å². The molecule has 0 saturated carbocycles. The highest BCUT2D eigenvalue weighted by atomic mass is 127. The van der Waals surface area contributed by atoms with Crippen LogP contribution in [0.5, 0.6) is 5.75 Å². The molecular formula is C18H31IN4O2. The van der Waals surface area contributed by atoms with Gasteiger partial charge in [-0.15, -0.1) is 24.0 Å². The maximum atomic E-state index is 5.92. The van der Waals surface area contributed by atoms with Crippen LogP contribution in [0, 0.1) is 6.92 Å². The minimum absolute atomic E-state index is 0. The summed E-state index contributed by atoms with van der Waals surface area (Å²) in [4.78, 5) is 6.66. The number of rotatable bonds is 7. The second-order valence-corrected chi connectivity index (χ2v) is 6.08. The SMILES string of the molecule is CN=C(NCCN1CCOCC1)NCC(C)Oc1cccc(C)c1.I. The van der Waals surface area contributed by atoms with Gasteiger partial charge in [0.25, 0.3) is 0 Å². The number of halogens is 1. The van der Waals surface area contributed by atoms with E-state index < -0.39 is 0 Å². The molecule has 1 saturated heterocycles. The summed E-state index contributed by atoms with van der Waals surface area (Å²) in [6.45, 7) is 10.4. The normalized spacial score (nSPS) is 16.7. The predicted octanol–water partition coefficient (Wildman–Crippen LogP) is 1.88. The number of nitrogens with one attached hydrogen (secondary N) is 2. The summed E-state index contributed by atoms with van der Waals surface area (Å²) in [5.41, 5.74) is 1.20. The second-order valence-electron chi connectivity index (χ2n) is 6.08. The Balaban J connectivity index is 0.00000312. The van der Waals surface area contributed by atoms with Gasteiger partial charge in [0.05, 0.1) is 19.8 Å². The van der Waals surface area contributed by atoms with Crippen LogP contribution in [0.25, 0.3) is 0 Å². The Morgan fingerprint density at radius 2 is 2.08 bits per heavy atom. The predicted molar refractivity (Wildman–Crippen MR) is 113 cm³/mol. The molecule has 0 aromatic heterocycles. The monoisotopic (exact) mass is 462 g/mol. The van der Waals surface area contributed by atoms with E-state index in [2.05, 4.69) is 40.4 Å². The number of aliphatic imine (C=N–C) groups is 1. The number of ether oxygens (including phenoxy) is 2. The highest BCUT2D eigenvalue weighted by Gasteiger charge is 2.10. The lowest BCUT2D eigenvalue weighted by molar-refractivity contribution is 0.0389. The standard InChI is InChI=1S/C18H30N4O2.HI/c1-15-5-4-6-17(13-15)24-16(2)14-21-18(19-3)20-7-8-22-9-11-23-12-10-22;/h4-6,13,16H,7-12,14H2,1-3H3,(H2,19,20,21);1H. The fraction of sp³-hybridized carbons (Fsp3) is 0.611. The Morgan fingerprint density at radius 1 is 1.32 bits per heavy atom. The van der Waals surface area contributed by atoms with Crippen LogP contribution in [0.2, 0.25) is 0 Å². The Kier molecular flexibility index (Phi) is 10.8. The summed E-state index contributed by atoms with van der Waals surface area (Å²) in [5, 5.41) is 6.66. The van der Waals surface area contributed by atoms with Crippen molar-refractivity contribution >= 4 is 29.9 Å². The molecule has 0 bridgehead atoms. The lowest BCUT2D eigenvalue weighted by Crippen LogP contribution is -2.46. The fourth-order valence-corrected chi connectivity index (χ4v) is 2.58. The minimum Gasteiger partial charge on any atom is -0.489 e. The van der Waals surface area contributed by atoms with E-state index in [9.17, 15) is 0 Å². The first-order chi connectivity index (χ1) is 11.7. The largest absolute Gasteiger partial charge is 0.489 e. The Bertz CT molecular complexity index is 522. The van der Waals surface area contributed by atoms with Crippen LogP contribution < -0.4 is 15.4 Å². The third-order valence-corrected chi connectivity index (χ3v) is 3.93. The Morgan fingerprint density at radius 3 is 2.76 bits per heavy atom. The lowest BCUT2D eigenvalue weighted by Gasteiger charge is -2.26. The van der Waals surface area contributed by atoms with E-state index in [1.54, 1.807) is 7.05 Å². The van der Waals surface area contributed by atoms with Crippen molar-refractivity contribution in [1.29, 1.82) is 0 Å². The van der Waals surface area contributed by atoms with Crippen LogP contribution in [-0.2, 0) is 4.74 Å². The first kappa shape index (κ1) is 22.0. The zero-order valence-corrected chi connectivity index (χ0v) is 17.8. The van der Waals surface area contributed by atoms with Gasteiger partial charge in [-0.25, -0.2) is 0 Å². The van der Waals surface area contributed by atoms with Crippen molar-refractivity contribution in [3.63, 3.8) is 0 Å². The van der Waals surface area contributed by atoms with E-state index in [0.29, 0.717) is 6.54 Å². The summed E-state index contributed by atoms with van der Waals surface area (Å²) in [7, 11) is 1.79. The number of hydrogen-bond acceptors (Lipinski definition) is 4. The molecule has 1 aliphatic rings. The van der Waals surface area contributed by atoms with Gasteiger partial charge in [0.15, 0.2) is 5.96 Å². The molecule has 1 atom stereocenters. The third-order valence-electron chi connectivity index (χ3n) is 3.93. The Hall–Kier alpha value is -1.06. The minimum atomic E-state index is 0. The number of aryl methyl sites for hydroxylation is 1. The smallest absolute Gasteiger partial charge is 0.191 e. The molecule has 1 aromatic rings. The number of nitrogens with zero attached hydrogens (tertiary/aromatic N) is 2. The van der Waals surface area contributed by atoms with Crippen LogP contribution in [-0.4, -0.2) is 69.9 Å². The van der Waals surface area contributed by atoms with E-state index in [0.717, 1.165) is 51.1 Å². The molecule has 2 rings (SSSR count).